The first-order valence-corrected chi connectivity index (χ1v) is 7.06. The van der Waals surface area contributed by atoms with Gasteiger partial charge in [0.25, 0.3) is 0 Å². The van der Waals surface area contributed by atoms with Crippen LogP contribution in [0.2, 0.25) is 0 Å². The van der Waals surface area contributed by atoms with Gasteiger partial charge in [-0.05, 0) is 13.0 Å². The molecule has 0 saturated carbocycles. The molecule has 3 nitrogen and oxygen atoms in total. The Labute approximate surface area is 111 Å². The van der Waals surface area contributed by atoms with Crippen molar-refractivity contribution in [1.82, 2.24) is 4.98 Å². The summed E-state index contributed by atoms with van der Waals surface area (Å²) in [5.74, 6) is 0. The molecule has 0 amide bonds. The average Bonchev–Trinajstić information content (AvgIpc) is 2.89. The summed E-state index contributed by atoms with van der Waals surface area (Å²) < 4.78 is 5.36. The molecule has 0 bridgehead atoms. The van der Waals surface area contributed by atoms with Crippen LogP contribution in [-0.2, 0) is 4.74 Å². The van der Waals surface area contributed by atoms with Crippen molar-refractivity contribution in [3.8, 4) is 11.3 Å². The van der Waals surface area contributed by atoms with E-state index in [1.807, 2.05) is 0 Å². The third-order valence-corrected chi connectivity index (χ3v) is 3.99. The summed E-state index contributed by atoms with van der Waals surface area (Å²) in [5.41, 5.74) is 3.55. The summed E-state index contributed by atoms with van der Waals surface area (Å²) in [5, 5.41) is 3.24. The van der Waals surface area contributed by atoms with Gasteiger partial charge in [-0.3, -0.25) is 0 Å². The number of aromatic nitrogens is 1. The second kappa shape index (κ2) is 5.08. The molecule has 2 heterocycles. The van der Waals surface area contributed by atoms with Crippen molar-refractivity contribution in [2.45, 2.75) is 6.92 Å². The standard InChI is InChI=1S/C14H16N2OS/c1-11-3-2-4-12(9-11)13-10-18-14(15-13)16-5-7-17-8-6-16/h2-4,9-10H,5-8H2,1H3. The number of rotatable bonds is 2. The van der Waals surface area contributed by atoms with Crippen molar-refractivity contribution in [3.05, 3.63) is 35.2 Å². The van der Waals surface area contributed by atoms with Crippen LogP contribution in [0.1, 0.15) is 5.56 Å². The van der Waals surface area contributed by atoms with E-state index in [4.69, 9.17) is 9.72 Å². The molecule has 1 saturated heterocycles. The summed E-state index contributed by atoms with van der Waals surface area (Å²) in [6.45, 7) is 5.61. The van der Waals surface area contributed by atoms with Crippen LogP contribution in [0.25, 0.3) is 11.3 Å². The van der Waals surface area contributed by atoms with E-state index in [2.05, 4.69) is 41.5 Å². The lowest BCUT2D eigenvalue weighted by molar-refractivity contribution is 0.122. The van der Waals surface area contributed by atoms with Crippen molar-refractivity contribution >= 4 is 16.5 Å². The Balaban J connectivity index is 1.84. The molecule has 1 fully saturated rings. The zero-order chi connectivity index (χ0) is 12.4. The van der Waals surface area contributed by atoms with E-state index in [9.17, 15) is 0 Å². The molecule has 0 unspecified atom stereocenters. The lowest BCUT2D eigenvalue weighted by Crippen LogP contribution is -2.36. The molecule has 0 N–H and O–H groups in total. The number of nitrogens with zero attached hydrogens (tertiary/aromatic N) is 2. The molecule has 1 aliphatic heterocycles. The van der Waals surface area contributed by atoms with Crippen LogP contribution in [0.5, 0.6) is 0 Å². The van der Waals surface area contributed by atoms with Gasteiger partial charge in [0.15, 0.2) is 5.13 Å². The van der Waals surface area contributed by atoms with Crippen LogP contribution in [0.4, 0.5) is 5.13 Å². The fraction of sp³-hybridized carbons (Fsp3) is 0.357. The van der Waals surface area contributed by atoms with E-state index >= 15 is 0 Å². The van der Waals surface area contributed by atoms with Crippen molar-refractivity contribution < 1.29 is 4.74 Å². The Morgan fingerprint density at radius 3 is 2.89 bits per heavy atom. The van der Waals surface area contributed by atoms with Crippen LogP contribution in [0.3, 0.4) is 0 Å². The molecule has 18 heavy (non-hydrogen) atoms. The summed E-state index contributed by atoms with van der Waals surface area (Å²) in [4.78, 5) is 7.03. The fourth-order valence-electron chi connectivity index (χ4n) is 2.10. The average molecular weight is 260 g/mol. The number of anilines is 1. The molecular formula is C14H16N2OS. The van der Waals surface area contributed by atoms with Crippen LogP contribution < -0.4 is 4.90 Å². The van der Waals surface area contributed by atoms with Crippen LogP contribution in [-0.4, -0.2) is 31.3 Å². The minimum Gasteiger partial charge on any atom is -0.378 e. The zero-order valence-corrected chi connectivity index (χ0v) is 11.2. The monoisotopic (exact) mass is 260 g/mol. The normalized spacial score (nSPS) is 15.9. The molecule has 1 aromatic heterocycles. The van der Waals surface area contributed by atoms with Crippen molar-refractivity contribution in [3.63, 3.8) is 0 Å². The molecule has 94 valence electrons. The molecular weight excluding hydrogens is 244 g/mol. The number of benzene rings is 1. The molecule has 0 atom stereocenters. The molecule has 3 rings (SSSR count). The van der Waals surface area contributed by atoms with Gasteiger partial charge in [-0.2, -0.15) is 0 Å². The highest BCUT2D eigenvalue weighted by atomic mass is 32.1. The smallest absolute Gasteiger partial charge is 0.186 e. The SMILES string of the molecule is Cc1cccc(-c2csc(N3CCOCC3)n2)c1. The van der Waals surface area contributed by atoms with E-state index in [1.54, 1.807) is 11.3 Å². The van der Waals surface area contributed by atoms with Crippen molar-refractivity contribution in [2.24, 2.45) is 0 Å². The van der Waals surface area contributed by atoms with E-state index < -0.39 is 0 Å². The Kier molecular flexibility index (Phi) is 3.30. The van der Waals surface area contributed by atoms with Gasteiger partial charge in [0.2, 0.25) is 0 Å². The maximum absolute atomic E-state index is 5.36. The van der Waals surface area contributed by atoms with Gasteiger partial charge >= 0.3 is 0 Å². The maximum Gasteiger partial charge on any atom is 0.186 e. The first kappa shape index (κ1) is 11.7. The maximum atomic E-state index is 5.36. The molecule has 0 radical (unpaired) electrons. The fourth-order valence-corrected chi connectivity index (χ4v) is 2.99. The summed E-state index contributed by atoms with van der Waals surface area (Å²) in [7, 11) is 0. The number of thiazole rings is 1. The lowest BCUT2D eigenvalue weighted by atomic mass is 10.1. The second-order valence-corrected chi connectivity index (χ2v) is 5.32. The van der Waals surface area contributed by atoms with Gasteiger partial charge in [0.1, 0.15) is 0 Å². The largest absolute Gasteiger partial charge is 0.378 e. The molecule has 1 aromatic carbocycles. The Hall–Kier alpha value is -1.39. The summed E-state index contributed by atoms with van der Waals surface area (Å²) in [6, 6.07) is 8.49. The minimum absolute atomic E-state index is 0.805. The highest BCUT2D eigenvalue weighted by Gasteiger charge is 2.15. The van der Waals surface area contributed by atoms with Gasteiger partial charge in [0.05, 0.1) is 18.9 Å². The molecule has 0 aliphatic carbocycles. The Morgan fingerprint density at radius 1 is 1.28 bits per heavy atom. The highest BCUT2D eigenvalue weighted by Crippen LogP contribution is 2.28. The van der Waals surface area contributed by atoms with Gasteiger partial charge in [-0.25, -0.2) is 4.98 Å². The predicted octanol–water partition coefficient (Wildman–Crippen LogP) is 2.96. The summed E-state index contributed by atoms with van der Waals surface area (Å²) >= 11 is 1.72. The Bertz CT molecular complexity index is 532. The van der Waals surface area contributed by atoms with Gasteiger partial charge < -0.3 is 9.64 Å². The van der Waals surface area contributed by atoms with E-state index in [0.717, 1.165) is 37.1 Å². The number of aryl methyl sites for hydroxylation is 1. The van der Waals surface area contributed by atoms with Gasteiger partial charge in [0, 0.05) is 24.0 Å². The van der Waals surface area contributed by atoms with Gasteiger partial charge in [-0.15, -0.1) is 11.3 Å². The first-order valence-electron chi connectivity index (χ1n) is 6.18. The van der Waals surface area contributed by atoms with Crippen LogP contribution >= 0.6 is 11.3 Å². The number of hydrogen-bond acceptors (Lipinski definition) is 4. The topological polar surface area (TPSA) is 25.4 Å². The molecule has 1 aliphatic rings. The third kappa shape index (κ3) is 2.40. The number of ether oxygens (including phenoxy) is 1. The third-order valence-electron chi connectivity index (χ3n) is 3.09. The second-order valence-electron chi connectivity index (χ2n) is 4.48. The van der Waals surface area contributed by atoms with Crippen molar-refractivity contribution in [1.29, 1.82) is 0 Å². The predicted molar refractivity (Wildman–Crippen MR) is 75.3 cm³/mol. The van der Waals surface area contributed by atoms with E-state index in [0.29, 0.717) is 0 Å². The zero-order valence-electron chi connectivity index (χ0n) is 10.4. The minimum atomic E-state index is 0.805. The molecule has 4 heteroatoms. The summed E-state index contributed by atoms with van der Waals surface area (Å²) in [6.07, 6.45) is 0. The molecule has 2 aromatic rings. The van der Waals surface area contributed by atoms with Crippen molar-refractivity contribution in [2.75, 3.05) is 31.2 Å². The number of hydrogen-bond donors (Lipinski definition) is 0. The highest BCUT2D eigenvalue weighted by molar-refractivity contribution is 7.14. The van der Waals surface area contributed by atoms with Gasteiger partial charge in [-0.1, -0.05) is 23.8 Å². The Morgan fingerprint density at radius 2 is 2.11 bits per heavy atom. The quantitative estimate of drug-likeness (QED) is 0.830. The number of morpholine rings is 1. The lowest BCUT2D eigenvalue weighted by Gasteiger charge is -2.26. The van der Waals surface area contributed by atoms with Crippen LogP contribution in [0.15, 0.2) is 29.6 Å². The first-order chi connectivity index (χ1) is 8.83. The van der Waals surface area contributed by atoms with Crippen LogP contribution in [0, 0.1) is 6.92 Å². The van der Waals surface area contributed by atoms with E-state index in [-0.39, 0.29) is 0 Å². The molecule has 0 spiro atoms. The van der Waals surface area contributed by atoms with E-state index in [1.165, 1.54) is 11.1 Å².